The van der Waals surface area contributed by atoms with Crippen LogP contribution in [0, 0.1) is 0 Å². The van der Waals surface area contributed by atoms with Gasteiger partial charge in [-0.2, -0.15) is 0 Å². The third-order valence-corrected chi connectivity index (χ3v) is 3.95. The van der Waals surface area contributed by atoms with E-state index in [2.05, 4.69) is 5.32 Å². The van der Waals surface area contributed by atoms with Crippen LogP contribution in [0.2, 0.25) is 15.1 Å². The number of halogens is 3. The van der Waals surface area contributed by atoms with E-state index in [9.17, 15) is 4.79 Å². The standard InChI is InChI=1S/C17H16Cl3NO3/c1-9(2)24-16-10(5-11(18)6-15(16)20)8-21-12-3-4-14(19)13(7-12)17(22)23/h3-7,9,21H,8H2,1-2H3,(H,22,23). The fourth-order valence-corrected chi connectivity index (χ4v) is 2.89. The van der Waals surface area contributed by atoms with Crippen molar-refractivity contribution in [3.63, 3.8) is 0 Å². The number of nitrogens with one attached hydrogen (secondary N) is 1. The Labute approximate surface area is 155 Å². The molecule has 2 aromatic carbocycles. The van der Waals surface area contributed by atoms with E-state index in [-0.39, 0.29) is 16.7 Å². The Morgan fingerprint density at radius 3 is 2.50 bits per heavy atom. The zero-order valence-electron chi connectivity index (χ0n) is 13.1. The largest absolute Gasteiger partial charge is 0.489 e. The first-order valence-corrected chi connectivity index (χ1v) is 8.32. The maximum atomic E-state index is 11.1. The Morgan fingerprint density at radius 2 is 1.88 bits per heavy atom. The summed E-state index contributed by atoms with van der Waals surface area (Å²) >= 11 is 18.1. The van der Waals surface area contributed by atoms with E-state index in [1.165, 1.54) is 12.1 Å². The van der Waals surface area contributed by atoms with Gasteiger partial charge in [-0.25, -0.2) is 4.79 Å². The molecular formula is C17H16Cl3NO3. The van der Waals surface area contributed by atoms with E-state index in [4.69, 9.17) is 44.6 Å². The smallest absolute Gasteiger partial charge is 0.337 e. The van der Waals surface area contributed by atoms with Crippen LogP contribution in [0.3, 0.4) is 0 Å². The second-order valence-corrected chi connectivity index (χ2v) is 6.65. The number of anilines is 1. The summed E-state index contributed by atoms with van der Waals surface area (Å²) in [6.07, 6.45) is -0.0448. The van der Waals surface area contributed by atoms with Gasteiger partial charge in [0.05, 0.1) is 21.7 Å². The molecule has 0 bridgehead atoms. The summed E-state index contributed by atoms with van der Waals surface area (Å²) in [6.45, 7) is 4.17. The van der Waals surface area contributed by atoms with Gasteiger partial charge in [0.1, 0.15) is 5.75 Å². The molecule has 24 heavy (non-hydrogen) atoms. The highest BCUT2D eigenvalue weighted by Gasteiger charge is 2.13. The lowest BCUT2D eigenvalue weighted by atomic mass is 10.1. The predicted molar refractivity (Wildman–Crippen MR) is 98.0 cm³/mol. The monoisotopic (exact) mass is 387 g/mol. The molecule has 0 aliphatic heterocycles. The average molecular weight is 389 g/mol. The Bertz CT molecular complexity index is 763. The van der Waals surface area contributed by atoms with Crippen LogP contribution < -0.4 is 10.1 Å². The molecule has 2 N–H and O–H groups in total. The summed E-state index contributed by atoms with van der Waals surface area (Å²) in [5.41, 5.74) is 1.42. The second kappa shape index (κ2) is 7.97. The molecule has 2 aromatic rings. The normalized spacial score (nSPS) is 10.8. The lowest BCUT2D eigenvalue weighted by Crippen LogP contribution is -2.10. The molecule has 2 rings (SSSR count). The van der Waals surface area contributed by atoms with Gasteiger partial charge in [0.2, 0.25) is 0 Å². The molecule has 0 unspecified atom stereocenters. The van der Waals surface area contributed by atoms with Crippen molar-refractivity contribution < 1.29 is 14.6 Å². The first kappa shape index (κ1) is 18.7. The molecule has 7 heteroatoms. The van der Waals surface area contributed by atoms with Crippen molar-refractivity contribution in [3.05, 3.63) is 56.5 Å². The molecule has 0 fully saturated rings. The summed E-state index contributed by atoms with van der Waals surface area (Å²) in [5, 5.41) is 13.4. The minimum absolute atomic E-state index is 0.0319. The summed E-state index contributed by atoms with van der Waals surface area (Å²) in [6, 6.07) is 8.08. The molecular weight excluding hydrogens is 373 g/mol. The van der Waals surface area contributed by atoms with Crippen molar-refractivity contribution in [2.45, 2.75) is 26.5 Å². The SMILES string of the molecule is CC(C)Oc1c(Cl)cc(Cl)cc1CNc1ccc(Cl)c(C(=O)O)c1. The van der Waals surface area contributed by atoms with E-state index < -0.39 is 5.97 Å². The number of carbonyl (C=O) groups is 1. The second-order valence-electron chi connectivity index (χ2n) is 5.40. The number of benzene rings is 2. The van der Waals surface area contributed by atoms with Crippen molar-refractivity contribution in [2.75, 3.05) is 5.32 Å². The van der Waals surface area contributed by atoms with Gasteiger partial charge in [-0.15, -0.1) is 0 Å². The highest BCUT2D eigenvalue weighted by atomic mass is 35.5. The topological polar surface area (TPSA) is 58.6 Å². The van der Waals surface area contributed by atoms with E-state index in [0.717, 1.165) is 5.56 Å². The first-order chi connectivity index (χ1) is 11.3. The summed E-state index contributed by atoms with van der Waals surface area (Å²) < 4.78 is 5.75. The number of hydrogen-bond acceptors (Lipinski definition) is 3. The van der Waals surface area contributed by atoms with Crippen LogP contribution >= 0.6 is 34.8 Å². The van der Waals surface area contributed by atoms with Crippen molar-refractivity contribution >= 4 is 46.5 Å². The first-order valence-electron chi connectivity index (χ1n) is 7.19. The Morgan fingerprint density at radius 1 is 1.17 bits per heavy atom. The third kappa shape index (κ3) is 4.69. The Balaban J connectivity index is 2.26. The van der Waals surface area contributed by atoms with E-state index >= 15 is 0 Å². The van der Waals surface area contributed by atoms with Crippen LogP contribution in [-0.4, -0.2) is 17.2 Å². The molecule has 0 spiro atoms. The van der Waals surface area contributed by atoms with Gasteiger partial charge in [0.25, 0.3) is 0 Å². The molecule has 128 valence electrons. The van der Waals surface area contributed by atoms with Gasteiger partial charge in [-0.1, -0.05) is 34.8 Å². The highest BCUT2D eigenvalue weighted by molar-refractivity contribution is 6.35. The van der Waals surface area contributed by atoms with Crippen LogP contribution in [0.25, 0.3) is 0 Å². The number of carboxylic acids is 1. The fourth-order valence-electron chi connectivity index (χ4n) is 2.11. The van der Waals surface area contributed by atoms with Crippen molar-refractivity contribution in [3.8, 4) is 5.75 Å². The molecule has 0 aliphatic rings. The van der Waals surface area contributed by atoms with Crippen molar-refractivity contribution in [1.29, 1.82) is 0 Å². The summed E-state index contributed by atoms with van der Waals surface area (Å²) in [7, 11) is 0. The number of aromatic carboxylic acids is 1. The van der Waals surface area contributed by atoms with Crippen LogP contribution in [-0.2, 0) is 6.54 Å². The minimum atomic E-state index is -1.08. The Kier molecular flexibility index (Phi) is 6.21. The number of hydrogen-bond donors (Lipinski definition) is 2. The van der Waals surface area contributed by atoms with Crippen LogP contribution in [0.5, 0.6) is 5.75 Å². The quantitative estimate of drug-likeness (QED) is 0.662. The van der Waals surface area contributed by atoms with Gasteiger partial charge in [-0.05, 0) is 44.2 Å². The molecule has 0 amide bonds. The third-order valence-electron chi connectivity index (χ3n) is 3.12. The number of ether oxygens (including phenoxy) is 1. The molecule has 4 nitrogen and oxygen atoms in total. The minimum Gasteiger partial charge on any atom is -0.489 e. The molecule has 0 heterocycles. The fraction of sp³-hybridized carbons (Fsp3) is 0.235. The highest BCUT2D eigenvalue weighted by Crippen LogP contribution is 2.34. The summed E-state index contributed by atoms with van der Waals surface area (Å²) in [5.74, 6) is -0.533. The maximum Gasteiger partial charge on any atom is 0.337 e. The molecule has 0 saturated heterocycles. The summed E-state index contributed by atoms with van der Waals surface area (Å²) in [4.78, 5) is 11.1. The Hall–Kier alpha value is -1.62. The van der Waals surface area contributed by atoms with Crippen LogP contribution in [0.15, 0.2) is 30.3 Å². The zero-order valence-corrected chi connectivity index (χ0v) is 15.3. The van der Waals surface area contributed by atoms with E-state index in [0.29, 0.717) is 28.0 Å². The van der Waals surface area contributed by atoms with Crippen molar-refractivity contribution in [2.24, 2.45) is 0 Å². The number of carboxylic acid groups (broad SMARTS) is 1. The van der Waals surface area contributed by atoms with Crippen LogP contribution in [0.1, 0.15) is 29.8 Å². The van der Waals surface area contributed by atoms with E-state index in [1.807, 2.05) is 13.8 Å². The average Bonchev–Trinajstić information content (AvgIpc) is 2.48. The molecule has 0 aromatic heterocycles. The zero-order chi connectivity index (χ0) is 17.9. The lowest BCUT2D eigenvalue weighted by Gasteiger charge is -2.17. The van der Waals surface area contributed by atoms with Crippen LogP contribution in [0.4, 0.5) is 5.69 Å². The van der Waals surface area contributed by atoms with Gasteiger partial charge in [0.15, 0.2) is 0 Å². The lowest BCUT2D eigenvalue weighted by molar-refractivity contribution is 0.0697. The molecule has 0 saturated carbocycles. The van der Waals surface area contributed by atoms with Crippen molar-refractivity contribution in [1.82, 2.24) is 0 Å². The number of rotatable bonds is 6. The van der Waals surface area contributed by atoms with E-state index in [1.54, 1.807) is 18.2 Å². The molecule has 0 aliphatic carbocycles. The predicted octanol–water partition coefficient (Wildman–Crippen LogP) is 5.74. The molecule has 0 atom stereocenters. The van der Waals surface area contributed by atoms with Gasteiger partial charge in [0, 0.05) is 22.8 Å². The van der Waals surface area contributed by atoms with Gasteiger partial charge in [-0.3, -0.25) is 0 Å². The van der Waals surface area contributed by atoms with Gasteiger partial charge < -0.3 is 15.2 Å². The van der Waals surface area contributed by atoms with Gasteiger partial charge >= 0.3 is 5.97 Å². The maximum absolute atomic E-state index is 11.1. The molecule has 0 radical (unpaired) electrons.